The first kappa shape index (κ1) is 28.6. The van der Waals surface area contributed by atoms with Crippen molar-refractivity contribution in [3.63, 3.8) is 0 Å². The minimum atomic E-state index is -1.42. The summed E-state index contributed by atoms with van der Waals surface area (Å²) in [7, 11) is -1.42. The van der Waals surface area contributed by atoms with Crippen LogP contribution in [0.1, 0.15) is 117 Å². The minimum Gasteiger partial charge on any atom is -0.417 e. The third-order valence-electron chi connectivity index (χ3n) is 5.50. The Morgan fingerprint density at radius 2 is 1.14 bits per heavy atom. The van der Waals surface area contributed by atoms with E-state index in [1.807, 2.05) is 0 Å². The third kappa shape index (κ3) is 21.3. The van der Waals surface area contributed by atoms with E-state index in [9.17, 15) is 0 Å². The Bertz CT molecular complexity index is 313. The number of ether oxygens (including phenoxy) is 1. The molecule has 0 bridgehead atoms. The van der Waals surface area contributed by atoms with Crippen molar-refractivity contribution in [1.82, 2.24) is 0 Å². The van der Waals surface area contributed by atoms with Gasteiger partial charge in [0.2, 0.25) is 0 Å². The topological polar surface area (TPSA) is 18.5 Å². The van der Waals surface area contributed by atoms with E-state index in [-0.39, 0.29) is 5.01 Å². The molecule has 0 N–H and O–H groups in total. The lowest BCUT2D eigenvalue weighted by molar-refractivity contribution is 0.105. The molecule has 0 spiro atoms. The average Bonchev–Trinajstić information content (AvgIpc) is 2.66. The summed E-state index contributed by atoms with van der Waals surface area (Å²) in [6.07, 6.45) is 21.1. The lowest BCUT2D eigenvalue weighted by Gasteiger charge is -2.23. The van der Waals surface area contributed by atoms with Gasteiger partial charge >= 0.3 is 0 Å². The predicted octanol–water partition coefficient (Wildman–Crippen LogP) is 9.23. The van der Waals surface area contributed by atoms with E-state index in [1.54, 1.807) is 0 Å². The smallest absolute Gasteiger partial charge is 0.186 e. The molecule has 0 saturated heterocycles. The van der Waals surface area contributed by atoms with E-state index in [0.29, 0.717) is 0 Å². The Kier molecular flexibility index (Phi) is 21.3. The second-order valence-electron chi connectivity index (χ2n) is 9.02. The van der Waals surface area contributed by atoms with Gasteiger partial charge in [-0.2, -0.15) is 0 Å². The fraction of sp³-hybridized carbons (Fsp3) is 1.00. The molecule has 4 heteroatoms. The number of hydrogen-bond donors (Lipinski definition) is 0. The minimum absolute atomic E-state index is 0.239. The van der Waals surface area contributed by atoms with Gasteiger partial charge in [-0.3, -0.25) is 0 Å². The van der Waals surface area contributed by atoms with Gasteiger partial charge in [0, 0.05) is 13.2 Å². The van der Waals surface area contributed by atoms with Crippen LogP contribution in [0.25, 0.3) is 0 Å². The van der Waals surface area contributed by atoms with E-state index in [0.717, 1.165) is 19.6 Å². The van der Waals surface area contributed by atoms with Crippen molar-refractivity contribution in [3.8, 4) is 0 Å². The molecule has 0 heterocycles. The second-order valence-corrected chi connectivity index (χ2v) is 14.4. The van der Waals surface area contributed by atoms with Crippen LogP contribution >= 0.6 is 15.9 Å². The molecule has 0 saturated carbocycles. The van der Waals surface area contributed by atoms with Gasteiger partial charge in [-0.1, -0.05) is 107 Å². The summed E-state index contributed by atoms with van der Waals surface area (Å²) in [5, 5.41) is 0.239. The lowest BCUT2D eigenvalue weighted by Crippen LogP contribution is -2.30. The van der Waals surface area contributed by atoms with Crippen molar-refractivity contribution in [2.24, 2.45) is 0 Å². The highest BCUT2D eigenvalue weighted by molar-refractivity contribution is 9.09. The van der Waals surface area contributed by atoms with Gasteiger partial charge in [0.05, 0.1) is 0 Å². The molecule has 0 aromatic heterocycles. The monoisotopic (exact) mass is 478 g/mol. The molecule has 1 unspecified atom stereocenters. The van der Waals surface area contributed by atoms with Crippen molar-refractivity contribution in [2.45, 2.75) is 141 Å². The SMILES string of the molecule is CCCCCCCCOC(Br)CCCCCO[Si](C)(C)CCCCCCCC. The number of rotatable bonds is 22. The van der Waals surface area contributed by atoms with E-state index >= 15 is 0 Å². The molecule has 0 fully saturated rings. The number of unbranched alkanes of at least 4 members (excludes halogenated alkanes) is 12. The first-order chi connectivity index (χ1) is 13.5. The Labute approximate surface area is 187 Å². The lowest BCUT2D eigenvalue weighted by atomic mass is 10.1. The zero-order valence-corrected chi connectivity index (χ0v) is 22.3. The van der Waals surface area contributed by atoms with Crippen LogP contribution in [0, 0.1) is 0 Å². The maximum Gasteiger partial charge on any atom is 0.186 e. The van der Waals surface area contributed by atoms with Crippen molar-refractivity contribution < 1.29 is 9.16 Å². The van der Waals surface area contributed by atoms with Crippen LogP contribution in [0.3, 0.4) is 0 Å². The van der Waals surface area contributed by atoms with Gasteiger partial charge in [-0.05, 0) is 44.8 Å². The summed E-state index contributed by atoms with van der Waals surface area (Å²) in [5.74, 6) is 0. The largest absolute Gasteiger partial charge is 0.417 e. The maximum absolute atomic E-state index is 6.28. The summed E-state index contributed by atoms with van der Waals surface area (Å²) >= 11 is 3.68. The Hall–Kier alpha value is 0.617. The van der Waals surface area contributed by atoms with Gasteiger partial charge in [0.15, 0.2) is 8.32 Å². The van der Waals surface area contributed by atoms with Crippen molar-refractivity contribution in [2.75, 3.05) is 13.2 Å². The van der Waals surface area contributed by atoms with Gasteiger partial charge in [-0.25, -0.2) is 0 Å². The van der Waals surface area contributed by atoms with Crippen LogP contribution in [-0.2, 0) is 9.16 Å². The molecule has 0 amide bonds. The van der Waals surface area contributed by atoms with Gasteiger partial charge in [0.1, 0.15) is 5.01 Å². The van der Waals surface area contributed by atoms with Crippen LogP contribution < -0.4 is 0 Å². The predicted molar refractivity (Wildman–Crippen MR) is 132 cm³/mol. The standard InChI is InChI=1S/C24H51BrO2Si/c1-5-7-9-11-13-17-21-26-24(25)20-16-15-18-22-27-28(3,4)23-19-14-12-10-8-6-2/h24H,5-23H2,1-4H3. The summed E-state index contributed by atoms with van der Waals surface area (Å²) < 4.78 is 12.2. The van der Waals surface area contributed by atoms with Crippen LogP contribution in [0.15, 0.2) is 0 Å². The summed E-state index contributed by atoms with van der Waals surface area (Å²) in [5.41, 5.74) is 0. The number of hydrogen-bond acceptors (Lipinski definition) is 2. The zero-order valence-electron chi connectivity index (χ0n) is 19.7. The molecule has 0 aromatic rings. The Morgan fingerprint density at radius 1 is 0.643 bits per heavy atom. The first-order valence-electron chi connectivity index (χ1n) is 12.4. The molecular formula is C24H51BrO2Si. The molecule has 0 radical (unpaired) electrons. The summed E-state index contributed by atoms with van der Waals surface area (Å²) in [4.78, 5) is 0. The van der Waals surface area contributed by atoms with E-state index in [2.05, 4.69) is 42.9 Å². The summed E-state index contributed by atoms with van der Waals surface area (Å²) in [6.45, 7) is 11.2. The number of alkyl halides is 1. The van der Waals surface area contributed by atoms with Gasteiger partial charge in [-0.15, -0.1) is 0 Å². The molecular weight excluding hydrogens is 428 g/mol. The Morgan fingerprint density at radius 3 is 1.79 bits per heavy atom. The van der Waals surface area contributed by atoms with Crippen molar-refractivity contribution in [1.29, 1.82) is 0 Å². The average molecular weight is 480 g/mol. The Balaban J connectivity index is 3.41. The normalized spacial score (nSPS) is 13.2. The maximum atomic E-state index is 6.28. The molecule has 0 aliphatic rings. The van der Waals surface area contributed by atoms with Crippen molar-refractivity contribution >= 4 is 24.2 Å². The van der Waals surface area contributed by atoms with E-state index in [4.69, 9.17) is 9.16 Å². The van der Waals surface area contributed by atoms with E-state index in [1.165, 1.54) is 102 Å². The highest BCUT2D eigenvalue weighted by atomic mass is 79.9. The third-order valence-corrected chi connectivity index (χ3v) is 8.76. The molecule has 28 heavy (non-hydrogen) atoms. The fourth-order valence-corrected chi connectivity index (χ4v) is 5.97. The summed E-state index contributed by atoms with van der Waals surface area (Å²) in [6, 6.07) is 1.33. The van der Waals surface area contributed by atoms with Crippen molar-refractivity contribution in [3.05, 3.63) is 0 Å². The molecule has 0 aliphatic carbocycles. The molecule has 0 aromatic carbocycles. The highest BCUT2D eigenvalue weighted by Crippen LogP contribution is 2.19. The fourth-order valence-electron chi connectivity index (χ4n) is 3.51. The van der Waals surface area contributed by atoms with E-state index < -0.39 is 8.32 Å². The van der Waals surface area contributed by atoms with Gasteiger partial charge in [0.25, 0.3) is 0 Å². The van der Waals surface area contributed by atoms with Crippen LogP contribution in [0.4, 0.5) is 0 Å². The highest BCUT2D eigenvalue weighted by Gasteiger charge is 2.21. The second kappa shape index (κ2) is 20.9. The first-order valence-corrected chi connectivity index (χ1v) is 16.4. The molecule has 170 valence electrons. The number of halogens is 1. The van der Waals surface area contributed by atoms with Gasteiger partial charge < -0.3 is 9.16 Å². The van der Waals surface area contributed by atoms with Crippen LogP contribution in [0.2, 0.25) is 19.1 Å². The zero-order chi connectivity index (χ0) is 20.9. The molecule has 0 aliphatic heterocycles. The molecule has 1 atom stereocenters. The quantitative estimate of drug-likeness (QED) is 0.0875. The van der Waals surface area contributed by atoms with Crippen LogP contribution in [-0.4, -0.2) is 26.5 Å². The molecule has 2 nitrogen and oxygen atoms in total. The van der Waals surface area contributed by atoms with Crippen LogP contribution in [0.5, 0.6) is 0 Å². The molecule has 0 rings (SSSR count).